The zero-order valence-corrected chi connectivity index (χ0v) is 26.2. The van der Waals surface area contributed by atoms with Crippen LogP contribution in [0.2, 0.25) is 0 Å². The van der Waals surface area contributed by atoms with Crippen molar-refractivity contribution in [3.05, 3.63) is 56.5 Å². The van der Waals surface area contributed by atoms with Crippen LogP contribution in [0.15, 0.2) is 40.1 Å². The van der Waals surface area contributed by atoms with E-state index < -0.39 is 0 Å². The van der Waals surface area contributed by atoms with Crippen LogP contribution < -0.4 is 10.2 Å². The van der Waals surface area contributed by atoms with Crippen molar-refractivity contribution in [1.82, 2.24) is 15.1 Å². The highest BCUT2D eigenvalue weighted by atomic mass is 16.3. The van der Waals surface area contributed by atoms with Gasteiger partial charge in [0, 0.05) is 55.1 Å². The normalized spacial score (nSPS) is 21.4. The van der Waals surface area contributed by atoms with Crippen LogP contribution in [0.4, 0.5) is 5.69 Å². The van der Waals surface area contributed by atoms with Crippen molar-refractivity contribution in [3.63, 3.8) is 0 Å². The Morgan fingerprint density at radius 2 is 1.80 bits per heavy atom. The molecule has 1 heterocycles. The molecule has 41 heavy (non-hydrogen) atoms. The van der Waals surface area contributed by atoms with Crippen LogP contribution in [0.3, 0.4) is 0 Å². The maximum Gasteiger partial charge on any atom is 0.251 e. The standard InChI is InChI=1S/C34H49N5O2/c1-8-39(30-13-11-29(12-14-30)37(6)7)33-19-26(10-9-15-38-21-28(22-38)36-41)18-32(25(33)5)34(40)35-20-27-16-24(4)17-31(27)23(2)3/h17-19,23,28-30H,8,11-16,20-22H2,1-7H3,(H,35,40). The molecule has 2 fully saturated rings. The Balaban J connectivity index is 1.59. The van der Waals surface area contributed by atoms with E-state index in [4.69, 9.17) is 0 Å². The highest BCUT2D eigenvalue weighted by Gasteiger charge is 2.29. The number of amides is 1. The second kappa shape index (κ2) is 13.8. The molecule has 1 aliphatic heterocycles. The number of anilines is 1. The van der Waals surface area contributed by atoms with E-state index in [1.165, 1.54) is 29.6 Å². The lowest BCUT2D eigenvalue weighted by Crippen LogP contribution is -2.49. The third-order valence-corrected chi connectivity index (χ3v) is 9.12. The number of benzene rings is 1. The lowest BCUT2D eigenvalue weighted by Gasteiger charge is -2.40. The highest BCUT2D eigenvalue weighted by molar-refractivity contribution is 5.98. The third-order valence-electron chi connectivity index (χ3n) is 9.12. The summed E-state index contributed by atoms with van der Waals surface area (Å²) in [4.78, 5) is 31.4. The van der Waals surface area contributed by atoms with Crippen molar-refractivity contribution in [2.24, 2.45) is 11.1 Å². The topological polar surface area (TPSA) is 68.2 Å². The molecule has 0 atom stereocenters. The van der Waals surface area contributed by atoms with Crippen molar-refractivity contribution >= 4 is 11.6 Å². The van der Waals surface area contributed by atoms with Gasteiger partial charge in [-0.2, -0.15) is 4.91 Å². The zero-order valence-electron chi connectivity index (χ0n) is 26.2. The summed E-state index contributed by atoms with van der Waals surface area (Å²) in [6.45, 7) is 14.3. The highest BCUT2D eigenvalue weighted by Crippen LogP contribution is 2.33. The second-order valence-electron chi connectivity index (χ2n) is 12.7. The number of nitrogens with one attached hydrogen (secondary N) is 1. The van der Waals surface area contributed by atoms with Crippen molar-refractivity contribution in [3.8, 4) is 11.8 Å². The second-order valence-corrected chi connectivity index (χ2v) is 12.7. The minimum Gasteiger partial charge on any atom is -0.369 e. The summed E-state index contributed by atoms with van der Waals surface area (Å²) in [5.74, 6) is 7.02. The van der Waals surface area contributed by atoms with Gasteiger partial charge in [-0.05, 0) is 102 Å². The van der Waals surface area contributed by atoms with Gasteiger partial charge >= 0.3 is 0 Å². The molecule has 0 radical (unpaired) electrons. The van der Waals surface area contributed by atoms with Gasteiger partial charge in [-0.25, -0.2) is 0 Å². The van der Waals surface area contributed by atoms with E-state index in [9.17, 15) is 9.70 Å². The van der Waals surface area contributed by atoms with Crippen LogP contribution in [0.5, 0.6) is 0 Å². The molecule has 222 valence electrons. The van der Waals surface area contributed by atoms with Gasteiger partial charge in [0.05, 0.1) is 6.54 Å². The molecular formula is C34H49N5O2. The molecule has 2 aliphatic carbocycles. The summed E-state index contributed by atoms with van der Waals surface area (Å²) in [5, 5.41) is 6.36. The number of nitroso groups, excluding NO2 is 1. The number of allylic oxidation sites excluding steroid dienone is 3. The molecule has 7 heteroatoms. The van der Waals surface area contributed by atoms with E-state index in [1.807, 2.05) is 6.07 Å². The van der Waals surface area contributed by atoms with E-state index in [1.54, 1.807) is 0 Å². The predicted octanol–water partition coefficient (Wildman–Crippen LogP) is 5.53. The maximum absolute atomic E-state index is 13.7. The van der Waals surface area contributed by atoms with Crippen LogP contribution in [0.1, 0.15) is 81.3 Å². The van der Waals surface area contributed by atoms with Crippen LogP contribution in [0.25, 0.3) is 0 Å². The van der Waals surface area contributed by atoms with E-state index in [-0.39, 0.29) is 11.9 Å². The van der Waals surface area contributed by atoms with Crippen molar-refractivity contribution < 1.29 is 4.79 Å². The first-order valence-corrected chi connectivity index (χ1v) is 15.4. The summed E-state index contributed by atoms with van der Waals surface area (Å²) in [6, 6.07) is 5.12. The molecule has 0 unspecified atom stereocenters. The molecular weight excluding hydrogens is 510 g/mol. The molecule has 1 aromatic rings. The molecule has 1 N–H and O–H groups in total. The average molecular weight is 560 g/mol. The van der Waals surface area contributed by atoms with Gasteiger partial charge in [0.15, 0.2) is 0 Å². The van der Waals surface area contributed by atoms with Crippen LogP contribution in [-0.2, 0) is 0 Å². The molecule has 4 rings (SSSR count). The van der Waals surface area contributed by atoms with Crippen LogP contribution in [-0.4, -0.2) is 80.7 Å². The van der Waals surface area contributed by atoms with Crippen molar-refractivity contribution in [2.75, 3.05) is 51.7 Å². The Morgan fingerprint density at radius 1 is 1.12 bits per heavy atom. The van der Waals surface area contributed by atoms with Gasteiger partial charge in [0.25, 0.3) is 5.91 Å². The SMILES string of the molecule is CCN(c1cc(C#CCN2CC(N=O)C2)cc(C(=O)NCC2=C(C(C)C)C=C(C)C2)c1C)C1CCC(N(C)C)CC1. The largest absolute Gasteiger partial charge is 0.369 e. The summed E-state index contributed by atoms with van der Waals surface area (Å²) >= 11 is 0. The van der Waals surface area contributed by atoms with Gasteiger partial charge in [-0.15, -0.1) is 0 Å². The summed E-state index contributed by atoms with van der Waals surface area (Å²) < 4.78 is 0. The fraction of sp³-hybridized carbons (Fsp3) is 0.618. The quantitative estimate of drug-likeness (QED) is 0.302. The number of hydrogen-bond acceptors (Lipinski definition) is 6. The predicted molar refractivity (Wildman–Crippen MR) is 169 cm³/mol. The molecule has 7 nitrogen and oxygen atoms in total. The molecule has 1 amide bonds. The van der Waals surface area contributed by atoms with Crippen molar-refractivity contribution in [1.29, 1.82) is 0 Å². The Morgan fingerprint density at radius 3 is 2.41 bits per heavy atom. The summed E-state index contributed by atoms with van der Waals surface area (Å²) in [5.41, 5.74) is 7.72. The van der Waals surface area contributed by atoms with E-state index in [2.05, 4.69) is 97.9 Å². The van der Waals surface area contributed by atoms with Gasteiger partial charge < -0.3 is 15.1 Å². The van der Waals surface area contributed by atoms with E-state index in [0.29, 0.717) is 49.7 Å². The first-order valence-electron chi connectivity index (χ1n) is 15.4. The Hall–Kier alpha value is -2.95. The van der Waals surface area contributed by atoms with Gasteiger partial charge in [-0.1, -0.05) is 42.5 Å². The molecule has 3 aliphatic rings. The molecule has 1 saturated heterocycles. The molecule has 0 aromatic heterocycles. The monoisotopic (exact) mass is 559 g/mol. The number of rotatable bonds is 10. The summed E-state index contributed by atoms with van der Waals surface area (Å²) in [6.07, 6.45) is 7.88. The molecule has 1 aromatic carbocycles. The molecule has 0 bridgehead atoms. The lowest BCUT2D eigenvalue weighted by atomic mass is 9.88. The maximum atomic E-state index is 13.7. The first kappa shape index (κ1) is 31.0. The fourth-order valence-corrected chi connectivity index (χ4v) is 6.69. The number of carbonyl (C=O) groups is 1. The van der Waals surface area contributed by atoms with E-state index >= 15 is 0 Å². The minimum absolute atomic E-state index is 0.0393. The Labute approximate surface area is 247 Å². The number of likely N-dealkylation sites (tertiary alicyclic amines) is 1. The summed E-state index contributed by atoms with van der Waals surface area (Å²) in [7, 11) is 4.36. The molecule has 1 saturated carbocycles. The van der Waals surface area contributed by atoms with Crippen molar-refractivity contribution in [2.45, 2.75) is 84.8 Å². The number of carbonyl (C=O) groups excluding carboxylic acids is 1. The smallest absolute Gasteiger partial charge is 0.251 e. The number of hydrogen-bond donors (Lipinski definition) is 1. The van der Waals surface area contributed by atoms with Gasteiger partial charge in [0.1, 0.15) is 6.04 Å². The van der Waals surface area contributed by atoms with Gasteiger partial charge in [0.2, 0.25) is 0 Å². The van der Waals surface area contributed by atoms with Crippen LogP contribution in [0, 0.1) is 29.6 Å². The third kappa shape index (κ3) is 7.47. The first-order chi connectivity index (χ1) is 19.6. The van der Waals surface area contributed by atoms with Gasteiger partial charge in [-0.3, -0.25) is 9.69 Å². The number of nitrogens with zero attached hydrogens (tertiary/aromatic N) is 4. The van der Waals surface area contributed by atoms with Crippen LogP contribution >= 0.6 is 0 Å². The fourth-order valence-electron chi connectivity index (χ4n) is 6.69. The lowest BCUT2D eigenvalue weighted by molar-refractivity contribution is 0.0956. The zero-order chi connectivity index (χ0) is 29.7. The minimum atomic E-state index is -0.107. The average Bonchev–Trinajstić information content (AvgIpc) is 3.31. The molecule has 0 spiro atoms. The Bertz CT molecular complexity index is 1240. The van der Waals surface area contributed by atoms with E-state index in [0.717, 1.165) is 42.6 Å². The Kier molecular flexibility index (Phi) is 10.4.